The van der Waals surface area contributed by atoms with E-state index in [1.165, 1.54) is 7.11 Å². The van der Waals surface area contributed by atoms with Crippen LogP contribution in [0.15, 0.2) is 97.1 Å². The van der Waals surface area contributed by atoms with E-state index in [2.05, 4.69) is 9.80 Å². The molecule has 8 rings (SSSR count). The molecule has 4 heterocycles. The molecule has 0 bridgehead atoms. The lowest BCUT2D eigenvalue weighted by Crippen LogP contribution is -2.47. The average Bonchev–Trinajstić information content (AvgIpc) is 3.34. The molecule has 0 spiro atoms. The summed E-state index contributed by atoms with van der Waals surface area (Å²) in [7, 11) is 4.95. The maximum absolute atomic E-state index is 12.5. The largest absolute Gasteiger partial charge is 0.478 e. The normalized spacial score (nSPS) is 14.7. The van der Waals surface area contributed by atoms with Crippen molar-refractivity contribution in [2.75, 3.05) is 57.2 Å². The lowest BCUT2D eigenvalue weighted by atomic mass is 10.0. The van der Waals surface area contributed by atoms with Gasteiger partial charge in [0.2, 0.25) is 0 Å². The lowest BCUT2D eigenvalue weighted by molar-refractivity contribution is 0.0190. The van der Waals surface area contributed by atoms with Crippen molar-refractivity contribution < 1.29 is 38.5 Å². The Balaban J connectivity index is 0.000000204. The van der Waals surface area contributed by atoms with Gasteiger partial charge >= 0.3 is 24.1 Å². The molecular formula is C53H62N8O8. The highest BCUT2D eigenvalue weighted by Gasteiger charge is 2.32. The number of hydrogen-bond acceptors (Lipinski definition) is 13. The molecule has 16 heteroatoms. The zero-order chi connectivity index (χ0) is 49.6. The molecule has 0 aliphatic carbocycles. The molecule has 69 heavy (non-hydrogen) atoms. The number of rotatable bonds is 8. The molecule has 362 valence electrons. The highest BCUT2D eigenvalue weighted by atomic mass is 16.6. The van der Waals surface area contributed by atoms with E-state index in [4.69, 9.17) is 34.1 Å². The van der Waals surface area contributed by atoms with E-state index in [0.717, 1.165) is 59.8 Å². The van der Waals surface area contributed by atoms with Gasteiger partial charge in [0.25, 0.3) is 0 Å². The van der Waals surface area contributed by atoms with Gasteiger partial charge in [-0.3, -0.25) is 0 Å². The van der Waals surface area contributed by atoms with E-state index in [-0.39, 0.29) is 29.8 Å². The highest BCUT2D eigenvalue weighted by molar-refractivity contribution is 5.95. The third-order valence-corrected chi connectivity index (χ3v) is 12.0. The summed E-state index contributed by atoms with van der Waals surface area (Å²) in [6, 6.07) is 30.0. The first-order valence-corrected chi connectivity index (χ1v) is 23.3. The highest BCUT2D eigenvalue weighted by Crippen LogP contribution is 2.34. The van der Waals surface area contributed by atoms with E-state index in [0.29, 0.717) is 53.8 Å². The van der Waals surface area contributed by atoms with E-state index >= 15 is 0 Å². The van der Waals surface area contributed by atoms with Crippen LogP contribution in [0.25, 0.3) is 44.6 Å². The number of carbonyl (C=O) groups is 4. The Bertz CT molecular complexity index is 2800. The molecule has 0 unspecified atom stereocenters. The predicted octanol–water partition coefficient (Wildman–Crippen LogP) is 9.75. The molecule has 2 aliphatic heterocycles. The second kappa shape index (κ2) is 20.9. The number of benzene rings is 4. The summed E-state index contributed by atoms with van der Waals surface area (Å²) in [5.41, 5.74) is 5.56. The van der Waals surface area contributed by atoms with Gasteiger partial charge in [-0.15, -0.1) is 0 Å². The van der Waals surface area contributed by atoms with Crippen molar-refractivity contribution >= 4 is 57.8 Å². The van der Waals surface area contributed by atoms with Gasteiger partial charge < -0.3 is 38.9 Å². The van der Waals surface area contributed by atoms with Gasteiger partial charge in [0.15, 0.2) is 11.6 Å². The van der Waals surface area contributed by atoms with Crippen LogP contribution in [0.5, 0.6) is 0 Å². The van der Waals surface area contributed by atoms with Crippen LogP contribution in [0.3, 0.4) is 0 Å². The number of nitrogens with zero attached hydrogens (tertiary/aromatic N) is 8. The van der Waals surface area contributed by atoms with Crippen molar-refractivity contribution in [3.63, 3.8) is 0 Å². The maximum atomic E-state index is 12.5. The van der Waals surface area contributed by atoms with Crippen LogP contribution in [0.2, 0.25) is 0 Å². The molecule has 16 nitrogen and oxygen atoms in total. The maximum Gasteiger partial charge on any atom is 0.410 e. The van der Waals surface area contributed by atoms with Crippen molar-refractivity contribution in [1.82, 2.24) is 29.7 Å². The molecule has 2 aromatic heterocycles. The van der Waals surface area contributed by atoms with Gasteiger partial charge in [0, 0.05) is 63.5 Å². The van der Waals surface area contributed by atoms with Gasteiger partial charge in [0.05, 0.1) is 40.3 Å². The van der Waals surface area contributed by atoms with E-state index in [1.54, 1.807) is 60.3 Å². The van der Waals surface area contributed by atoms with Crippen molar-refractivity contribution in [2.24, 2.45) is 0 Å². The number of aromatic carboxylic acids is 1. The number of hydrogen-bond donors (Lipinski definition) is 1. The molecule has 4 aromatic carbocycles. The average molecular weight is 939 g/mol. The van der Waals surface area contributed by atoms with Crippen molar-refractivity contribution in [3.8, 4) is 22.5 Å². The van der Waals surface area contributed by atoms with E-state index in [9.17, 15) is 24.3 Å². The summed E-state index contributed by atoms with van der Waals surface area (Å²) in [4.78, 5) is 75.9. The van der Waals surface area contributed by atoms with Crippen LogP contribution in [0.4, 0.5) is 21.2 Å². The number of anilines is 2. The van der Waals surface area contributed by atoms with Crippen molar-refractivity contribution in [1.29, 1.82) is 0 Å². The quantitative estimate of drug-likeness (QED) is 0.112. The van der Waals surface area contributed by atoms with Crippen LogP contribution in [-0.2, 0) is 14.2 Å². The first kappa shape index (κ1) is 49.5. The smallest absolute Gasteiger partial charge is 0.410 e. The summed E-state index contributed by atoms with van der Waals surface area (Å²) < 4.78 is 15.9. The van der Waals surface area contributed by atoms with E-state index < -0.39 is 23.1 Å². The van der Waals surface area contributed by atoms with Gasteiger partial charge in [-0.05, 0) is 104 Å². The minimum absolute atomic E-state index is 0.0679. The molecule has 2 amide bonds. The second-order valence-corrected chi connectivity index (χ2v) is 19.3. The third-order valence-electron chi connectivity index (χ3n) is 12.0. The molecule has 2 aliphatic rings. The number of fused-ring (bicyclic) bond motifs is 2. The first-order valence-electron chi connectivity index (χ1n) is 23.3. The van der Waals surface area contributed by atoms with Gasteiger partial charge in [-0.25, -0.2) is 39.1 Å². The number of carbonyl (C=O) groups excluding carboxylic acids is 3. The van der Waals surface area contributed by atoms with Crippen LogP contribution in [0.1, 0.15) is 87.9 Å². The standard InChI is InChI=1S/C27H32N4O4.C26H30N4O4/c1-27(2,3)35-26(33)30(4)20-13-15-31(16-14-20)24-23(18-9-7-6-8-10-18)28-21-12-11-19(25(32)34-5)17-22(21)29-24;1-26(2,3)34-25(33)29(4)19-12-14-30(15-13-19)23-22(17-8-6-5-7-9-17)27-20-11-10-18(24(31)32)16-21(20)28-23/h6-12,17,20H,13-16H2,1-5H3;5-11,16,19H,12-15H2,1-4H3,(H,31,32). The first-order chi connectivity index (χ1) is 32.8. The lowest BCUT2D eigenvalue weighted by Gasteiger charge is -2.38. The summed E-state index contributed by atoms with van der Waals surface area (Å²) in [6.45, 7) is 14.0. The molecule has 0 saturated carbocycles. The number of ether oxygens (including phenoxy) is 3. The minimum Gasteiger partial charge on any atom is -0.478 e. The third kappa shape index (κ3) is 12.2. The monoisotopic (exact) mass is 938 g/mol. The minimum atomic E-state index is -0.997. The fourth-order valence-corrected chi connectivity index (χ4v) is 8.38. The zero-order valence-electron chi connectivity index (χ0n) is 40.9. The molecule has 0 radical (unpaired) electrons. The Labute approximate surface area is 403 Å². The van der Waals surface area contributed by atoms with Crippen molar-refractivity contribution in [2.45, 2.75) is 90.5 Å². The number of methoxy groups -OCH3 is 1. The fourth-order valence-electron chi connectivity index (χ4n) is 8.38. The Hall–Kier alpha value is -7.36. The van der Waals surface area contributed by atoms with Crippen LogP contribution in [-0.4, -0.2) is 130 Å². The molecule has 6 aromatic rings. The van der Waals surface area contributed by atoms with Crippen LogP contribution < -0.4 is 9.80 Å². The Morgan fingerprint density at radius 2 is 0.928 bits per heavy atom. The predicted molar refractivity (Wildman–Crippen MR) is 267 cm³/mol. The SMILES string of the molecule is CN(C(=O)OC(C)(C)C)C1CCN(c2nc3cc(C(=O)O)ccc3nc2-c2ccccc2)CC1.COC(=O)c1ccc2nc(-c3ccccc3)c(N3CCC(N(C)C(=O)OC(C)(C)C)CC3)nc2c1. The summed E-state index contributed by atoms with van der Waals surface area (Å²) in [5, 5.41) is 9.39. The molecule has 2 saturated heterocycles. The number of carboxylic acids is 1. The Morgan fingerprint density at radius 1 is 0.551 bits per heavy atom. The molecule has 0 atom stereocenters. The second-order valence-electron chi connectivity index (χ2n) is 19.3. The zero-order valence-corrected chi connectivity index (χ0v) is 40.9. The fraction of sp³-hybridized carbons (Fsp3) is 0.396. The summed E-state index contributed by atoms with van der Waals surface area (Å²) in [6.07, 6.45) is 2.47. The van der Waals surface area contributed by atoms with Crippen LogP contribution in [0, 0.1) is 0 Å². The van der Waals surface area contributed by atoms with Crippen molar-refractivity contribution in [3.05, 3.63) is 108 Å². The summed E-state index contributed by atoms with van der Waals surface area (Å²) in [5.74, 6) is 0.0838. The number of carboxylic acid groups (broad SMARTS) is 1. The summed E-state index contributed by atoms with van der Waals surface area (Å²) >= 11 is 0. The molecule has 1 N–H and O–H groups in total. The van der Waals surface area contributed by atoms with Gasteiger partial charge in [0.1, 0.15) is 22.6 Å². The number of esters is 1. The topological polar surface area (TPSA) is 181 Å². The Morgan fingerprint density at radius 3 is 1.29 bits per heavy atom. The van der Waals surface area contributed by atoms with E-state index in [1.807, 2.05) is 102 Å². The molecule has 2 fully saturated rings. The Kier molecular flexibility index (Phi) is 15.0. The van der Waals surface area contributed by atoms with Gasteiger partial charge in [-0.1, -0.05) is 60.7 Å². The number of aromatic nitrogens is 4. The van der Waals surface area contributed by atoms with Gasteiger partial charge in [-0.2, -0.15) is 0 Å². The number of amides is 2. The molecular weight excluding hydrogens is 877 g/mol. The number of piperidine rings is 2. The van der Waals surface area contributed by atoms with Crippen LogP contribution >= 0.6 is 0 Å².